The zero-order chi connectivity index (χ0) is 12.4. The summed E-state index contributed by atoms with van der Waals surface area (Å²) in [6.45, 7) is 4.28. The lowest BCUT2D eigenvalue weighted by atomic mass is 9.92. The third-order valence-corrected chi connectivity index (χ3v) is 3.92. The Balaban J connectivity index is 2.08. The van der Waals surface area contributed by atoms with Crippen LogP contribution in [0.4, 0.5) is 0 Å². The van der Waals surface area contributed by atoms with E-state index in [1.54, 1.807) is 7.11 Å². The summed E-state index contributed by atoms with van der Waals surface area (Å²) in [4.78, 5) is 0. The molecule has 1 aliphatic carbocycles. The number of aryl methyl sites for hydroxylation is 1. The SMILES string of the molecule is COC(C)C(C)NC1CCCc2c1cnn2C. The summed E-state index contributed by atoms with van der Waals surface area (Å²) in [6.07, 6.45) is 5.82. The van der Waals surface area contributed by atoms with Crippen LogP contribution in [0, 0.1) is 0 Å². The van der Waals surface area contributed by atoms with Gasteiger partial charge in [-0.2, -0.15) is 5.10 Å². The summed E-state index contributed by atoms with van der Waals surface area (Å²) < 4.78 is 7.37. The lowest BCUT2D eigenvalue weighted by molar-refractivity contribution is 0.0833. The van der Waals surface area contributed by atoms with Gasteiger partial charge in [0.15, 0.2) is 0 Å². The van der Waals surface area contributed by atoms with Gasteiger partial charge >= 0.3 is 0 Å². The number of rotatable bonds is 4. The fourth-order valence-corrected chi connectivity index (χ4v) is 2.54. The Labute approximate surface area is 103 Å². The molecule has 0 aliphatic heterocycles. The molecule has 1 N–H and O–H groups in total. The minimum Gasteiger partial charge on any atom is -0.380 e. The first kappa shape index (κ1) is 12.6. The van der Waals surface area contributed by atoms with Crippen molar-refractivity contribution in [3.8, 4) is 0 Å². The van der Waals surface area contributed by atoms with Crippen LogP contribution in [0.15, 0.2) is 6.20 Å². The number of nitrogens with zero attached hydrogens (tertiary/aromatic N) is 2. The van der Waals surface area contributed by atoms with Crippen molar-refractivity contribution in [3.63, 3.8) is 0 Å². The summed E-state index contributed by atoms with van der Waals surface area (Å²) >= 11 is 0. The van der Waals surface area contributed by atoms with Gasteiger partial charge in [0, 0.05) is 37.5 Å². The van der Waals surface area contributed by atoms with E-state index in [2.05, 4.69) is 24.3 Å². The zero-order valence-corrected chi connectivity index (χ0v) is 11.2. The molecule has 0 bridgehead atoms. The number of hydrogen-bond acceptors (Lipinski definition) is 3. The van der Waals surface area contributed by atoms with Gasteiger partial charge in [-0.3, -0.25) is 4.68 Å². The summed E-state index contributed by atoms with van der Waals surface area (Å²) in [5.41, 5.74) is 2.75. The summed E-state index contributed by atoms with van der Waals surface area (Å²) in [5.74, 6) is 0. The lowest BCUT2D eigenvalue weighted by Crippen LogP contribution is -2.40. The van der Waals surface area contributed by atoms with Gasteiger partial charge in [-0.25, -0.2) is 0 Å². The van der Waals surface area contributed by atoms with Gasteiger partial charge in [0.2, 0.25) is 0 Å². The average Bonchev–Trinajstić information content (AvgIpc) is 2.71. The molecule has 3 unspecified atom stereocenters. The van der Waals surface area contributed by atoms with Gasteiger partial charge < -0.3 is 10.1 Å². The smallest absolute Gasteiger partial charge is 0.0693 e. The van der Waals surface area contributed by atoms with E-state index < -0.39 is 0 Å². The van der Waals surface area contributed by atoms with Gasteiger partial charge in [-0.05, 0) is 33.1 Å². The van der Waals surface area contributed by atoms with Crippen molar-refractivity contribution >= 4 is 0 Å². The van der Waals surface area contributed by atoms with Crippen LogP contribution in [0.2, 0.25) is 0 Å². The molecule has 0 saturated heterocycles. The Morgan fingerprint density at radius 2 is 2.29 bits per heavy atom. The molecule has 1 aliphatic rings. The number of nitrogens with one attached hydrogen (secondary N) is 1. The molecule has 4 heteroatoms. The molecular weight excluding hydrogens is 214 g/mol. The fourth-order valence-electron chi connectivity index (χ4n) is 2.54. The molecule has 0 spiro atoms. The van der Waals surface area contributed by atoms with Crippen LogP contribution < -0.4 is 5.32 Å². The van der Waals surface area contributed by atoms with Gasteiger partial charge in [-0.1, -0.05) is 0 Å². The summed E-state index contributed by atoms with van der Waals surface area (Å²) in [7, 11) is 3.79. The lowest BCUT2D eigenvalue weighted by Gasteiger charge is -2.29. The second-order valence-electron chi connectivity index (χ2n) is 5.01. The molecular formula is C13H23N3O. The Morgan fingerprint density at radius 1 is 1.53 bits per heavy atom. The minimum atomic E-state index is 0.233. The van der Waals surface area contributed by atoms with Crippen molar-refractivity contribution in [3.05, 3.63) is 17.5 Å². The summed E-state index contributed by atoms with van der Waals surface area (Å²) in [6, 6.07) is 0.788. The van der Waals surface area contributed by atoms with Crippen LogP contribution in [0.3, 0.4) is 0 Å². The third-order valence-electron chi connectivity index (χ3n) is 3.92. The first-order chi connectivity index (χ1) is 8.13. The Kier molecular flexibility index (Phi) is 3.84. The molecule has 96 valence electrons. The van der Waals surface area contributed by atoms with Crippen LogP contribution in [-0.4, -0.2) is 29.0 Å². The molecule has 17 heavy (non-hydrogen) atoms. The van der Waals surface area contributed by atoms with E-state index in [1.807, 2.05) is 17.9 Å². The van der Waals surface area contributed by atoms with Crippen molar-refractivity contribution in [2.24, 2.45) is 7.05 Å². The minimum absolute atomic E-state index is 0.233. The number of fused-ring (bicyclic) bond motifs is 1. The molecule has 1 aromatic heterocycles. The van der Waals surface area contributed by atoms with Crippen LogP contribution in [-0.2, 0) is 18.2 Å². The van der Waals surface area contributed by atoms with Crippen LogP contribution in [0.25, 0.3) is 0 Å². The molecule has 4 nitrogen and oxygen atoms in total. The van der Waals surface area contributed by atoms with Gasteiger partial charge in [-0.15, -0.1) is 0 Å². The van der Waals surface area contributed by atoms with Crippen molar-refractivity contribution in [2.75, 3.05) is 7.11 Å². The standard InChI is InChI=1S/C13H23N3O/c1-9(10(2)17-4)15-12-6-5-7-13-11(12)8-14-16(13)3/h8-10,12,15H,5-7H2,1-4H3. The summed E-state index contributed by atoms with van der Waals surface area (Å²) in [5, 5.41) is 8.03. The monoisotopic (exact) mass is 237 g/mol. The highest BCUT2D eigenvalue weighted by Crippen LogP contribution is 2.29. The molecule has 0 fully saturated rings. The van der Waals surface area contributed by atoms with Gasteiger partial charge in [0.25, 0.3) is 0 Å². The Bertz CT molecular complexity index is 375. The van der Waals surface area contributed by atoms with E-state index in [9.17, 15) is 0 Å². The van der Waals surface area contributed by atoms with E-state index >= 15 is 0 Å². The van der Waals surface area contributed by atoms with E-state index in [0.717, 1.165) is 6.42 Å². The highest BCUT2D eigenvalue weighted by Gasteiger charge is 2.25. The fraction of sp³-hybridized carbons (Fsp3) is 0.769. The van der Waals surface area contributed by atoms with E-state index in [0.29, 0.717) is 12.1 Å². The predicted octanol–water partition coefficient (Wildman–Crippen LogP) is 1.81. The molecule has 0 amide bonds. The first-order valence-electron chi connectivity index (χ1n) is 6.43. The maximum Gasteiger partial charge on any atom is 0.0693 e. The second-order valence-corrected chi connectivity index (χ2v) is 5.01. The molecule has 2 rings (SSSR count). The molecule has 0 saturated carbocycles. The number of ether oxygens (including phenoxy) is 1. The largest absolute Gasteiger partial charge is 0.380 e. The highest BCUT2D eigenvalue weighted by atomic mass is 16.5. The number of aromatic nitrogens is 2. The molecule has 1 aromatic rings. The predicted molar refractivity (Wildman–Crippen MR) is 68.0 cm³/mol. The zero-order valence-electron chi connectivity index (χ0n) is 11.2. The molecule has 0 radical (unpaired) electrons. The quantitative estimate of drug-likeness (QED) is 0.868. The highest BCUT2D eigenvalue weighted by molar-refractivity contribution is 5.24. The maximum absolute atomic E-state index is 5.36. The topological polar surface area (TPSA) is 39.1 Å². The van der Waals surface area contributed by atoms with E-state index in [1.165, 1.54) is 24.1 Å². The Morgan fingerprint density at radius 3 is 3.00 bits per heavy atom. The van der Waals surface area contributed by atoms with Crippen molar-refractivity contribution in [1.29, 1.82) is 0 Å². The van der Waals surface area contributed by atoms with Crippen LogP contribution in [0.5, 0.6) is 0 Å². The van der Waals surface area contributed by atoms with E-state index in [4.69, 9.17) is 4.74 Å². The van der Waals surface area contributed by atoms with Gasteiger partial charge in [0.05, 0.1) is 12.3 Å². The average molecular weight is 237 g/mol. The molecule has 1 heterocycles. The third kappa shape index (κ3) is 2.53. The van der Waals surface area contributed by atoms with Crippen molar-refractivity contribution < 1.29 is 4.74 Å². The van der Waals surface area contributed by atoms with Gasteiger partial charge in [0.1, 0.15) is 0 Å². The molecule has 3 atom stereocenters. The molecule has 0 aromatic carbocycles. The second kappa shape index (κ2) is 5.19. The Hall–Kier alpha value is -0.870. The van der Waals surface area contributed by atoms with Crippen LogP contribution in [0.1, 0.15) is 44.0 Å². The first-order valence-corrected chi connectivity index (χ1v) is 6.43. The van der Waals surface area contributed by atoms with Crippen molar-refractivity contribution in [1.82, 2.24) is 15.1 Å². The number of hydrogen-bond donors (Lipinski definition) is 1. The van der Waals surface area contributed by atoms with Crippen molar-refractivity contribution in [2.45, 2.75) is 51.3 Å². The maximum atomic E-state index is 5.36. The number of methoxy groups -OCH3 is 1. The van der Waals surface area contributed by atoms with E-state index in [-0.39, 0.29) is 6.10 Å². The normalized spacial score (nSPS) is 23.2. The van der Waals surface area contributed by atoms with Crippen LogP contribution >= 0.6 is 0 Å².